The van der Waals surface area contributed by atoms with E-state index in [4.69, 9.17) is 14.2 Å². The summed E-state index contributed by atoms with van der Waals surface area (Å²) in [5.74, 6) is -1.33. The largest absolute Gasteiger partial charge is 0.468 e. The van der Waals surface area contributed by atoms with Crippen LogP contribution in [0.2, 0.25) is 0 Å². The number of carbonyl (C=O) groups is 3. The van der Waals surface area contributed by atoms with Crippen LogP contribution in [0.4, 0.5) is 4.79 Å². The Kier molecular flexibility index (Phi) is 4.84. The Morgan fingerprint density at radius 2 is 1.61 bits per heavy atom. The molecule has 0 saturated carbocycles. The summed E-state index contributed by atoms with van der Waals surface area (Å²) in [6, 6.07) is -0.645. The second-order valence-electron chi connectivity index (χ2n) is 6.26. The molecule has 8 heteroatoms. The Balaban J connectivity index is 2.51. The SMILES string of the molecule is COC(=O)N1CC[C@H]2CC(C(=O)OC)(C(=O)OC)[C@@H](C(C)C)N21. The third kappa shape index (κ3) is 2.45. The Bertz CT molecular complexity index is 490. The van der Waals surface area contributed by atoms with Crippen molar-refractivity contribution in [2.24, 2.45) is 11.3 Å². The fourth-order valence-corrected chi connectivity index (χ4v) is 4.03. The maximum Gasteiger partial charge on any atom is 0.424 e. The molecule has 0 bridgehead atoms. The lowest BCUT2D eigenvalue weighted by Crippen LogP contribution is -2.57. The minimum absolute atomic E-state index is 0.0801. The zero-order valence-corrected chi connectivity index (χ0v) is 14.2. The van der Waals surface area contributed by atoms with Gasteiger partial charge in [0.15, 0.2) is 5.41 Å². The van der Waals surface area contributed by atoms with Crippen LogP contribution in [-0.2, 0) is 23.8 Å². The standard InChI is InChI=1S/C15H24N2O6/c1-9(2)11-15(12(18)21-3,13(19)22-4)8-10-6-7-16(17(10)11)14(20)23-5/h9-11H,6-8H2,1-5H3/t10-,11+/m0/s1. The highest BCUT2D eigenvalue weighted by atomic mass is 16.6. The fourth-order valence-electron chi connectivity index (χ4n) is 4.03. The summed E-state index contributed by atoms with van der Waals surface area (Å²) in [7, 11) is 3.82. The molecule has 0 unspecified atom stereocenters. The summed E-state index contributed by atoms with van der Waals surface area (Å²) in [5.41, 5.74) is -1.44. The summed E-state index contributed by atoms with van der Waals surface area (Å²) in [6.45, 7) is 4.31. The van der Waals surface area contributed by atoms with Gasteiger partial charge in [-0.1, -0.05) is 13.8 Å². The highest BCUT2D eigenvalue weighted by molar-refractivity contribution is 6.01. The first-order valence-corrected chi connectivity index (χ1v) is 7.65. The van der Waals surface area contributed by atoms with Gasteiger partial charge in [0.05, 0.1) is 27.4 Å². The summed E-state index contributed by atoms with van der Waals surface area (Å²) < 4.78 is 14.7. The van der Waals surface area contributed by atoms with Gasteiger partial charge in [0, 0.05) is 12.6 Å². The molecule has 2 atom stereocenters. The number of ether oxygens (including phenoxy) is 3. The van der Waals surface area contributed by atoms with Gasteiger partial charge in [-0.2, -0.15) is 0 Å². The Morgan fingerprint density at radius 1 is 1.04 bits per heavy atom. The van der Waals surface area contributed by atoms with Gasteiger partial charge in [0.2, 0.25) is 0 Å². The molecule has 0 spiro atoms. The van der Waals surface area contributed by atoms with Gasteiger partial charge in [-0.3, -0.25) is 9.59 Å². The smallest absolute Gasteiger partial charge is 0.424 e. The summed E-state index contributed by atoms with van der Waals surface area (Å²) >= 11 is 0. The second kappa shape index (κ2) is 6.35. The number of esters is 2. The van der Waals surface area contributed by atoms with Gasteiger partial charge in [-0.25, -0.2) is 14.8 Å². The van der Waals surface area contributed by atoms with Crippen LogP contribution in [0.25, 0.3) is 0 Å². The maximum absolute atomic E-state index is 12.5. The number of fused-ring (bicyclic) bond motifs is 1. The van der Waals surface area contributed by atoms with Crippen LogP contribution in [0.5, 0.6) is 0 Å². The molecule has 23 heavy (non-hydrogen) atoms. The zero-order chi connectivity index (χ0) is 17.4. The summed E-state index contributed by atoms with van der Waals surface area (Å²) in [5, 5.41) is 3.29. The molecule has 0 N–H and O–H groups in total. The van der Waals surface area contributed by atoms with Crippen LogP contribution in [0.3, 0.4) is 0 Å². The van der Waals surface area contributed by atoms with E-state index >= 15 is 0 Å². The van der Waals surface area contributed by atoms with E-state index in [9.17, 15) is 14.4 Å². The first-order chi connectivity index (χ1) is 10.8. The van der Waals surface area contributed by atoms with Crippen LogP contribution in [0.1, 0.15) is 26.7 Å². The topological polar surface area (TPSA) is 85.4 Å². The minimum atomic E-state index is -1.44. The Labute approximate surface area is 135 Å². The first kappa shape index (κ1) is 17.5. The molecule has 2 fully saturated rings. The molecule has 2 aliphatic heterocycles. The van der Waals surface area contributed by atoms with Gasteiger partial charge < -0.3 is 14.2 Å². The molecule has 130 valence electrons. The molecule has 2 aliphatic rings. The lowest BCUT2D eigenvalue weighted by molar-refractivity contribution is -0.175. The highest BCUT2D eigenvalue weighted by Crippen LogP contribution is 2.49. The number of hydrogen-bond acceptors (Lipinski definition) is 7. The average Bonchev–Trinajstić information content (AvgIpc) is 3.08. The Hall–Kier alpha value is -1.83. The van der Waals surface area contributed by atoms with Gasteiger partial charge in [-0.05, 0) is 18.8 Å². The van der Waals surface area contributed by atoms with Crippen molar-refractivity contribution < 1.29 is 28.6 Å². The van der Waals surface area contributed by atoms with Gasteiger partial charge in [0.25, 0.3) is 0 Å². The monoisotopic (exact) mass is 328 g/mol. The predicted molar refractivity (Wildman–Crippen MR) is 79.1 cm³/mol. The summed E-state index contributed by atoms with van der Waals surface area (Å²) in [6.07, 6.45) is 0.431. The molecular weight excluding hydrogens is 304 g/mol. The normalized spacial score (nSPS) is 26.1. The molecule has 2 rings (SSSR count). The number of hydrazine groups is 1. The number of amides is 1. The quantitative estimate of drug-likeness (QED) is 0.430. The molecule has 2 saturated heterocycles. The molecule has 8 nitrogen and oxygen atoms in total. The van der Waals surface area contributed by atoms with Crippen molar-refractivity contribution in [1.82, 2.24) is 10.0 Å². The lowest BCUT2D eigenvalue weighted by Gasteiger charge is -2.39. The average molecular weight is 328 g/mol. The van der Waals surface area contributed by atoms with E-state index in [1.165, 1.54) is 26.3 Å². The van der Waals surface area contributed by atoms with Crippen LogP contribution in [0.15, 0.2) is 0 Å². The molecular formula is C15H24N2O6. The van der Waals surface area contributed by atoms with Crippen molar-refractivity contribution in [2.45, 2.75) is 38.8 Å². The van der Waals surface area contributed by atoms with Crippen molar-refractivity contribution in [1.29, 1.82) is 0 Å². The molecule has 1 amide bonds. The molecule has 0 aromatic carbocycles. The van der Waals surface area contributed by atoms with Crippen LogP contribution >= 0.6 is 0 Å². The van der Waals surface area contributed by atoms with E-state index in [1.54, 1.807) is 0 Å². The third-order valence-corrected chi connectivity index (χ3v) is 4.79. The summed E-state index contributed by atoms with van der Waals surface area (Å²) in [4.78, 5) is 37.1. The number of nitrogens with zero attached hydrogens (tertiary/aromatic N) is 2. The number of carbonyl (C=O) groups excluding carboxylic acids is 3. The van der Waals surface area contributed by atoms with E-state index in [2.05, 4.69) is 0 Å². The van der Waals surface area contributed by atoms with E-state index in [1.807, 2.05) is 18.9 Å². The molecule has 0 aliphatic carbocycles. The van der Waals surface area contributed by atoms with Gasteiger partial charge in [-0.15, -0.1) is 0 Å². The molecule has 0 radical (unpaired) electrons. The molecule has 2 heterocycles. The molecule has 0 aromatic rings. The van der Waals surface area contributed by atoms with Crippen LogP contribution in [-0.4, -0.2) is 68.0 Å². The van der Waals surface area contributed by atoms with Crippen molar-refractivity contribution in [3.63, 3.8) is 0 Å². The van der Waals surface area contributed by atoms with Crippen LogP contribution < -0.4 is 0 Å². The van der Waals surface area contributed by atoms with Gasteiger partial charge >= 0.3 is 18.0 Å². The van der Waals surface area contributed by atoms with Crippen molar-refractivity contribution in [3.05, 3.63) is 0 Å². The second-order valence-corrected chi connectivity index (χ2v) is 6.26. The van der Waals surface area contributed by atoms with E-state index < -0.39 is 29.5 Å². The number of rotatable bonds is 3. The third-order valence-electron chi connectivity index (χ3n) is 4.79. The number of hydrogen-bond donors (Lipinski definition) is 0. The van der Waals surface area contributed by atoms with E-state index in [0.29, 0.717) is 13.0 Å². The first-order valence-electron chi connectivity index (χ1n) is 7.65. The zero-order valence-electron chi connectivity index (χ0n) is 14.2. The van der Waals surface area contributed by atoms with Crippen molar-refractivity contribution in [3.8, 4) is 0 Å². The molecule has 0 aromatic heterocycles. The predicted octanol–water partition coefficient (Wildman–Crippen LogP) is 0.805. The van der Waals surface area contributed by atoms with E-state index in [0.717, 1.165) is 0 Å². The minimum Gasteiger partial charge on any atom is -0.468 e. The van der Waals surface area contributed by atoms with E-state index in [-0.39, 0.29) is 18.4 Å². The number of methoxy groups -OCH3 is 3. The van der Waals surface area contributed by atoms with Crippen LogP contribution in [0, 0.1) is 11.3 Å². The Morgan fingerprint density at radius 3 is 2.04 bits per heavy atom. The van der Waals surface area contributed by atoms with Crippen molar-refractivity contribution >= 4 is 18.0 Å². The lowest BCUT2D eigenvalue weighted by atomic mass is 9.74. The fraction of sp³-hybridized carbons (Fsp3) is 0.800. The maximum atomic E-state index is 12.5. The van der Waals surface area contributed by atoms with Crippen molar-refractivity contribution in [2.75, 3.05) is 27.9 Å². The van der Waals surface area contributed by atoms with Gasteiger partial charge in [0.1, 0.15) is 0 Å². The highest BCUT2D eigenvalue weighted by Gasteiger charge is 2.67.